The van der Waals surface area contributed by atoms with Crippen molar-refractivity contribution in [3.63, 3.8) is 0 Å². The van der Waals surface area contributed by atoms with E-state index in [4.69, 9.17) is 28.0 Å². The molecule has 5 nitrogen and oxygen atoms in total. The number of benzene rings is 1. The Balaban J connectivity index is 2.19. The van der Waals surface area contributed by atoms with E-state index in [1.807, 2.05) is 6.07 Å². The summed E-state index contributed by atoms with van der Waals surface area (Å²) >= 11 is 12.0. The van der Waals surface area contributed by atoms with Gasteiger partial charge < -0.3 is 4.84 Å². The lowest BCUT2D eigenvalue weighted by molar-refractivity contribution is 0.140. The van der Waals surface area contributed by atoms with Gasteiger partial charge in [-0.2, -0.15) is 5.10 Å². The van der Waals surface area contributed by atoms with Crippen LogP contribution in [-0.4, -0.2) is 27.1 Å². The molecule has 7 heteroatoms. The summed E-state index contributed by atoms with van der Waals surface area (Å²) in [5.74, 6) is 0. The van der Waals surface area contributed by atoms with Crippen molar-refractivity contribution in [3.05, 3.63) is 46.5 Å². The molecule has 0 radical (unpaired) electrons. The SMILES string of the molecule is CCCCON=C(Cn1cncn1)c1ccc(Cl)c(Cl)c1. The molecule has 0 saturated carbocycles. The number of nitrogens with zero attached hydrogens (tertiary/aromatic N) is 4. The second-order valence-electron chi connectivity index (χ2n) is 4.45. The first-order chi connectivity index (χ1) is 10.2. The molecule has 0 unspecified atom stereocenters. The zero-order valence-electron chi connectivity index (χ0n) is 11.7. The van der Waals surface area contributed by atoms with Crippen LogP contribution in [0, 0.1) is 0 Å². The standard InChI is InChI=1S/C14H16Cl2N4O/c1-2-3-6-21-19-14(8-20-10-17-9-18-20)11-4-5-12(15)13(16)7-11/h4-5,7,9-10H,2-3,6,8H2,1H3. The van der Waals surface area contributed by atoms with Crippen LogP contribution in [0.3, 0.4) is 0 Å². The molecule has 0 saturated heterocycles. The summed E-state index contributed by atoms with van der Waals surface area (Å²) in [6.45, 7) is 3.13. The molecule has 1 aromatic heterocycles. The summed E-state index contributed by atoms with van der Waals surface area (Å²) in [5.41, 5.74) is 1.56. The summed E-state index contributed by atoms with van der Waals surface area (Å²) < 4.78 is 1.67. The minimum atomic E-state index is 0.448. The third kappa shape index (κ3) is 4.72. The second-order valence-corrected chi connectivity index (χ2v) is 5.26. The molecule has 0 amide bonds. The van der Waals surface area contributed by atoms with Gasteiger partial charge in [0.05, 0.1) is 16.6 Å². The van der Waals surface area contributed by atoms with Gasteiger partial charge in [0.2, 0.25) is 0 Å². The van der Waals surface area contributed by atoms with Gasteiger partial charge in [0.1, 0.15) is 25.0 Å². The largest absolute Gasteiger partial charge is 0.396 e. The highest BCUT2D eigenvalue weighted by atomic mass is 35.5. The van der Waals surface area contributed by atoms with Crippen LogP contribution >= 0.6 is 23.2 Å². The normalized spacial score (nSPS) is 11.7. The Bertz CT molecular complexity index is 599. The number of oxime groups is 1. The summed E-state index contributed by atoms with van der Waals surface area (Å²) in [6, 6.07) is 5.36. The van der Waals surface area contributed by atoms with Crippen molar-refractivity contribution >= 4 is 28.9 Å². The topological polar surface area (TPSA) is 52.3 Å². The van der Waals surface area contributed by atoms with E-state index in [0.717, 1.165) is 24.1 Å². The Labute approximate surface area is 133 Å². The second kappa shape index (κ2) is 8.00. The molecule has 0 spiro atoms. The first-order valence-corrected chi connectivity index (χ1v) is 7.43. The molecule has 2 rings (SSSR count). The van der Waals surface area contributed by atoms with Gasteiger partial charge in [0, 0.05) is 5.56 Å². The van der Waals surface area contributed by atoms with E-state index in [1.165, 1.54) is 6.33 Å². The van der Waals surface area contributed by atoms with Crippen molar-refractivity contribution in [2.75, 3.05) is 6.61 Å². The fourth-order valence-corrected chi connectivity index (χ4v) is 1.95. The zero-order chi connectivity index (χ0) is 15.1. The quantitative estimate of drug-likeness (QED) is 0.441. The van der Waals surface area contributed by atoms with Crippen molar-refractivity contribution in [1.82, 2.24) is 14.8 Å². The lowest BCUT2D eigenvalue weighted by Crippen LogP contribution is -2.13. The van der Waals surface area contributed by atoms with Crippen LogP contribution in [-0.2, 0) is 11.4 Å². The summed E-state index contributed by atoms with van der Waals surface area (Å²) in [4.78, 5) is 9.28. The van der Waals surface area contributed by atoms with Crippen molar-refractivity contribution in [3.8, 4) is 0 Å². The molecule has 0 bridgehead atoms. The molecular formula is C14H16Cl2N4O. The third-order valence-electron chi connectivity index (χ3n) is 2.80. The Hall–Kier alpha value is -1.59. The molecule has 1 heterocycles. The van der Waals surface area contributed by atoms with Gasteiger partial charge >= 0.3 is 0 Å². The predicted molar refractivity (Wildman–Crippen MR) is 83.9 cm³/mol. The van der Waals surface area contributed by atoms with E-state index < -0.39 is 0 Å². The van der Waals surface area contributed by atoms with E-state index in [0.29, 0.717) is 23.2 Å². The maximum absolute atomic E-state index is 6.06. The first kappa shape index (κ1) is 15.8. The molecular weight excluding hydrogens is 311 g/mol. The first-order valence-electron chi connectivity index (χ1n) is 6.67. The Kier molecular flexibility index (Phi) is 6.02. The van der Waals surface area contributed by atoms with Crippen molar-refractivity contribution in [2.45, 2.75) is 26.3 Å². The smallest absolute Gasteiger partial charge is 0.137 e. The van der Waals surface area contributed by atoms with Gasteiger partial charge in [-0.25, -0.2) is 9.67 Å². The van der Waals surface area contributed by atoms with Gasteiger partial charge in [-0.1, -0.05) is 47.8 Å². The van der Waals surface area contributed by atoms with Crippen molar-refractivity contribution in [1.29, 1.82) is 0 Å². The Morgan fingerprint density at radius 1 is 1.33 bits per heavy atom. The third-order valence-corrected chi connectivity index (χ3v) is 3.53. The fraction of sp³-hybridized carbons (Fsp3) is 0.357. The minimum Gasteiger partial charge on any atom is -0.396 e. The molecule has 1 aromatic carbocycles. The van der Waals surface area contributed by atoms with Crippen LogP contribution in [0.15, 0.2) is 36.0 Å². The Morgan fingerprint density at radius 2 is 2.19 bits per heavy atom. The number of unbranched alkanes of at least 4 members (excludes halogenated alkanes) is 1. The number of rotatable bonds is 7. The van der Waals surface area contributed by atoms with Crippen LogP contribution in [0.2, 0.25) is 10.0 Å². The molecule has 0 aliphatic carbocycles. The zero-order valence-corrected chi connectivity index (χ0v) is 13.2. The molecule has 0 aliphatic rings. The van der Waals surface area contributed by atoms with Gasteiger partial charge in [0.25, 0.3) is 0 Å². The van der Waals surface area contributed by atoms with Gasteiger partial charge in [-0.15, -0.1) is 0 Å². The van der Waals surface area contributed by atoms with Crippen LogP contribution < -0.4 is 0 Å². The van der Waals surface area contributed by atoms with Crippen LogP contribution in [0.1, 0.15) is 25.3 Å². The predicted octanol–water partition coefficient (Wildman–Crippen LogP) is 3.81. The van der Waals surface area contributed by atoms with Gasteiger partial charge in [0.15, 0.2) is 0 Å². The minimum absolute atomic E-state index is 0.448. The highest BCUT2D eigenvalue weighted by Crippen LogP contribution is 2.23. The van der Waals surface area contributed by atoms with Crippen molar-refractivity contribution < 1.29 is 4.84 Å². The maximum atomic E-state index is 6.06. The van der Waals surface area contributed by atoms with E-state index >= 15 is 0 Å². The average molecular weight is 327 g/mol. The maximum Gasteiger partial charge on any atom is 0.137 e. The molecule has 0 fully saturated rings. The summed E-state index contributed by atoms with van der Waals surface area (Å²) in [6.07, 6.45) is 5.12. The summed E-state index contributed by atoms with van der Waals surface area (Å²) in [5, 5.41) is 9.27. The van der Waals surface area contributed by atoms with Gasteiger partial charge in [-0.05, 0) is 18.6 Å². The molecule has 21 heavy (non-hydrogen) atoms. The van der Waals surface area contributed by atoms with Crippen LogP contribution in [0.25, 0.3) is 0 Å². The van der Waals surface area contributed by atoms with Gasteiger partial charge in [-0.3, -0.25) is 0 Å². The lowest BCUT2D eigenvalue weighted by atomic mass is 10.1. The number of hydrogen-bond acceptors (Lipinski definition) is 4. The molecule has 0 atom stereocenters. The molecule has 0 N–H and O–H groups in total. The summed E-state index contributed by atoms with van der Waals surface area (Å²) in [7, 11) is 0. The van der Waals surface area contributed by atoms with Crippen LogP contribution in [0.5, 0.6) is 0 Å². The molecule has 0 aliphatic heterocycles. The number of aromatic nitrogens is 3. The van der Waals surface area contributed by atoms with Crippen molar-refractivity contribution in [2.24, 2.45) is 5.16 Å². The monoisotopic (exact) mass is 326 g/mol. The highest BCUT2D eigenvalue weighted by molar-refractivity contribution is 6.42. The molecule has 112 valence electrons. The Morgan fingerprint density at radius 3 is 2.86 bits per heavy atom. The number of halogens is 2. The number of hydrogen-bond donors (Lipinski definition) is 0. The average Bonchev–Trinajstić information content (AvgIpc) is 2.98. The lowest BCUT2D eigenvalue weighted by Gasteiger charge is -2.08. The highest BCUT2D eigenvalue weighted by Gasteiger charge is 2.09. The van der Waals surface area contributed by atoms with E-state index in [2.05, 4.69) is 22.2 Å². The molecule has 2 aromatic rings. The van der Waals surface area contributed by atoms with E-state index in [9.17, 15) is 0 Å². The van der Waals surface area contributed by atoms with E-state index in [-0.39, 0.29) is 0 Å². The van der Waals surface area contributed by atoms with E-state index in [1.54, 1.807) is 23.1 Å². The van der Waals surface area contributed by atoms with Crippen LogP contribution in [0.4, 0.5) is 0 Å². The fourth-order valence-electron chi connectivity index (χ4n) is 1.65.